The highest BCUT2D eigenvalue weighted by Crippen LogP contribution is 2.38. The summed E-state index contributed by atoms with van der Waals surface area (Å²) in [6.45, 7) is 6.02. The molecule has 2 rings (SSSR count). The summed E-state index contributed by atoms with van der Waals surface area (Å²) in [5.41, 5.74) is 0. The molecule has 0 unspecified atom stereocenters. The second-order valence-corrected chi connectivity index (χ2v) is 11.3. The van der Waals surface area contributed by atoms with Crippen molar-refractivity contribution in [1.29, 1.82) is 0 Å². The van der Waals surface area contributed by atoms with E-state index < -0.39 is 45.0 Å². The molecule has 12 heteroatoms. The Labute approximate surface area is 189 Å². The Morgan fingerprint density at radius 2 is 1.50 bits per heavy atom. The molecule has 2 aromatic carbocycles. The molecule has 0 saturated heterocycles. The van der Waals surface area contributed by atoms with E-state index in [9.17, 15) is 25.3 Å². The van der Waals surface area contributed by atoms with Crippen molar-refractivity contribution in [2.75, 3.05) is 13.2 Å². The molecule has 0 amide bonds. The highest BCUT2D eigenvalue weighted by molar-refractivity contribution is 7.91. The maximum absolute atomic E-state index is 13.2. The Hall–Kier alpha value is -1.99. The van der Waals surface area contributed by atoms with E-state index in [0.29, 0.717) is 19.1 Å². The fourth-order valence-corrected chi connectivity index (χ4v) is 7.54. The van der Waals surface area contributed by atoms with E-state index in [1.54, 1.807) is 6.07 Å². The van der Waals surface area contributed by atoms with Gasteiger partial charge in [-0.2, -0.15) is 25.3 Å². The molecule has 0 bridgehead atoms. The monoisotopic (exact) mass is 506 g/mol. The highest BCUT2D eigenvalue weighted by atomic mass is 32.2. The van der Waals surface area contributed by atoms with Crippen molar-refractivity contribution in [2.24, 2.45) is 0 Å². The van der Waals surface area contributed by atoms with Gasteiger partial charge in [-0.25, -0.2) is 0 Å². The zero-order valence-electron chi connectivity index (χ0n) is 17.8. The summed E-state index contributed by atoms with van der Waals surface area (Å²) in [4.78, 5) is -2.76. The summed E-state index contributed by atoms with van der Waals surface area (Å²) in [6.07, 6.45) is 3.45. The molecule has 0 spiro atoms. The van der Waals surface area contributed by atoms with Gasteiger partial charge in [-0.1, -0.05) is 57.0 Å². The second-order valence-electron chi connectivity index (χ2n) is 6.67. The summed E-state index contributed by atoms with van der Waals surface area (Å²) in [7, 11) is -14.3. The van der Waals surface area contributed by atoms with Crippen molar-refractivity contribution in [3.05, 3.63) is 43.2 Å². The number of fused-ring (bicyclic) bond motifs is 1. The normalized spacial score (nSPS) is 12.7. The molecule has 0 saturated carbocycles. The van der Waals surface area contributed by atoms with Crippen molar-refractivity contribution >= 4 is 41.1 Å². The fourth-order valence-electron chi connectivity index (χ4n) is 3.05. The van der Waals surface area contributed by atoms with Crippen molar-refractivity contribution in [2.45, 2.75) is 54.2 Å². The van der Waals surface area contributed by atoms with Crippen molar-refractivity contribution in [3.8, 4) is 0 Å². The van der Waals surface area contributed by atoms with Crippen LogP contribution >= 0.6 is 0 Å². The third-order valence-electron chi connectivity index (χ3n) is 4.40. The van der Waals surface area contributed by atoms with Gasteiger partial charge in [-0.3, -0.25) is 8.37 Å². The number of rotatable bonds is 13. The predicted octanol–water partition coefficient (Wildman–Crippen LogP) is 3.70. The first kappa shape index (κ1) is 26.3. The van der Waals surface area contributed by atoms with E-state index in [2.05, 4.69) is 10.8 Å². The average molecular weight is 507 g/mol. The van der Waals surface area contributed by atoms with Gasteiger partial charge in [0.15, 0.2) is 0 Å². The lowest BCUT2D eigenvalue weighted by molar-refractivity contribution is 0.303. The third-order valence-corrected chi connectivity index (χ3v) is 8.78. The van der Waals surface area contributed by atoms with Crippen molar-refractivity contribution in [3.63, 3.8) is 0 Å². The van der Waals surface area contributed by atoms with Crippen molar-refractivity contribution < 1.29 is 37.8 Å². The fraction of sp³-hybridized carbons (Fsp3) is 0.400. The van der Waals surface area contributed by atoms with Gasteiger partial charge in [0.1, 0.15) is 14.7 Å². The molecule has 0 atom stereocenters. The summed E-state index contributed by atoms with van der Waals surface area (Å²) in [5.74, 6) is 0. The maximum atomic E-state index is 13.2. The van der Waals surface area contributed by atoms with Gasteiger partial charge in [-0.15, -0.1) is 0 Å². The lowest BCUT2D eigenvalue weighted by Crippen LogP contribution is -2.20. The molecule has 0 fully saturated rings. The van der Waals surface area contributed by atoms with E-state index in [1.165, 1.54) is 25.1 Å². The minimum absolute atomic E-state index is 0.0355. The van der Waals surface area contributed by atoms with Crippen LogP contribution in [-0.2, 0) is 42.9 Å². The first-order valence-corrected chi connectivity index (χ1v) is 14.1. The molecule has 32 heavy (non-hydrogen) atoms. The molecule has 0 aliphatic carbocycles. The quantitative estimate of drug-likeness (QED) is 0.227. The van der Waals surface area contributed by atoms with Gasteiger partial charge in [0.2, 0.25) is 0 Å². The van der Waals surface area contributed by atoms with Gasteiger partial charge in [0.05, 0.1) is 19.5 Å². The molecule has 0 aromatic heterocycles. The lowest BCUT2D eigenvalue weighted by atomic mass is 10.1. The molecule has 0 N–H and O–H groups in total. The van der Waals surface area contributed by atoms with Crippen LogP contribution in [0.25, 0.3) is 10.8 Å². The molecule has 0 aliphatic rings. The van der Waals surface area contributed by atoms with E-state index in [-0.39, 0.29) is 24.0 Å². The summed E-state index contributed by atoms with van der Waals surface area (Å²) in [5, 5.41) is 0.116. The van der Waals surface area contributed by atoms with E-state index >= 15 is 0 Å². The van der Waals surface area contributed by atoms with Crippen molar-refractivity contribution in [1.82, 2.24) is 0 Å². The van der Waals surface area contributed by atoms with E-state index in [4.69, 9.17) is 8.37 Å². The zero-order chi connectivity index (χ0) is 24.0. The zero-order valence-corrected chi connectivity index (χ0v) is 20.3. The molecule has 0 heterocycles. The number of benzene rings is 2. The Balaban J connectivity index is 2.89. The van der Waals surface area contributed by atoms with Gasteiger partial charge in [0, 0.05) is 5.39 Å². The van der Waals surface area contributed by atoms with Crippen LogP contribution in [0.15, 0.2) is 57.9 Å². The predicted molar refractivity (Wildman–Crippen MR) is 119 cm³/mol. The Morgan fingerprint density at radius 1 is 0.844 bits per heavy atom. The Bertz CT molecular complexity index is 1280. The largest absolute Gasteiger partial charge is 0.388 e. The molecular formula is C20H26O9S3. The molecule has 178 valence electrons. The smallest absolute Gasteiger partial charge is 0.340 e. The molecule has 0 aliphatic heterocycles. The molecular weight excluding hydrogens is 480 g/mol. The average Bonchev–Trinajstić information content (AvgIpc) is 2.72. The topological polar surface area (TPSA) is 130 Å². The first-order chi connectivity index (χ1) is 15.0. The van der Waals surface area contributed by atoms with Crippen LogP contribution in [0.5, 0.6) is 0 Å². The van der Waals surface area contributed by atoms with Gasteiger partial charge < -0.3 is 4.18 Å². The standard InChI is InChI=1S/C20H26O9S3/c1-4-7-8-11-14-29-32(25,26)20-18(30(21,22)27-5-2)15-16-12-9-10-13-17(16)19(20)31(23,24)28-6-3/h5,9-10,12-13,15H,2,4,6-8,11,14H2,1,3H3. The van der Waals surface area contributed by atoms with Gasteiger partial charge in [-0.05, 0) is 24.8 Å². The number of hydrogen-bond acceptors (Lipinski definition) is 9. The SMILES string of the molecule is C=COS(=O)(=O)c1cc2ccccc2c(S(=O)(=O)OCC)c1S(=O)(=O)OCCCCCC. The number of unbranched alkanes of at least 4 members (excludes halogenated alkanes) is 3. The van der Waals surface area contributed by atoms with Crippen LogP contribution in [0.2, 0.25) is 0 Å². The van der Waals surface area contributed by atoms with Crippen LogP contribution in [0.3, 0.4) is 0 Å². The minimum atomic E-state index is -4.86. The maximum Gasteiger partial charge on any atom is 0.340 e. The second kappa shape index (κ2) is 10.8. The summed E-state index contributed by atoms with van der Waals surface area (Å²) < 4.78 is 92.2. The lowest BCUT2D eigenvalue weighted by Gasteiger charge is -2.17. The third kappa shape index (κ3) is 5.87. The van der Waals surface area contributed by atoms with Crippen LogP contribution in [0.1, 0.15) is 39.5 Å². The molecule has 2 aromatic rings. The Morgan fingerprint density at radius 3 is 2.12 bits per heavy atom. The van der Waals surface area contributed by atoms with Crippen LogP contribution < -0.4 is 0 Å². The minimum Gasteiger partial charge on any atom is -0.388 e. The summed E-state index contributed by atoms with van der Waals surface area (Å²) in [6, 6.07) is 6.85. The van der Waals surface area contributed by atoms with E-state index in [0.717, 1.165) is 18.9 Å². The van der Waals surface area contributed by atoms with Crippen LogP contribution in [-0.4, -0.2) is 38.5 Å². The summed E-state index contributed by atoms with van der Waals surface area (Å²) >= 11 is 0. The first-order valence-electron chi connectivity index (χ1n) is 9.90. The van der Waals surface area contributed by atoms with Crippen LogP contribution in [0, 0.1) is 0 Å². The van der Waals surface area contributed by atoms with Gasteiger partial charge >= 0.3 is 10.1 Å². The van der Waals surface area contributed by atoms with Gasteiger partial charge in [0.25, 0.3) is 20.2 Å². The Kier molecular flexibility index (Phi) is 8.82. The molecule has 0 radical (unpaired) electrons. The highest BCUT2D eigenvalue weighted by Gasteiger charge is 2.38. The van der Waals surface area contributed by atoms with E-state index in [1.807, 2.05) is 6.92 Å². The van der Waals surface area contributed by atoms with Crippen LogP contribution in [0.4, 0.5) is 0 Å². The number of hydrogen-bond donors (Lipinski definition) is 0. The molecule has 9 nitrogen and oxygen atoms in total.